The first-order valence-corrected chi connectivity index (χ1v) is 9.69. The molecule has 1 fully saturated rings. The third-order valence-electron chi connectivity index (χ3n) is 5.51. The molecule has 0 radical (unpaired) electrons. The normalized spacial score (nSPS) is 17.3. The van der Waals surface area contributed by atoms with Crippen molar-refractivity contribution in [3.63, 3.8) is 0 Å². The molecule has 0 bridgehead atoms. The van der Waals surface area contributed by atoms with E-state index in [1.54, 1.807) is 18.2 Å². The van der Waals surface area contributed by atoms with E-state index in [0.29, 0.717) is 49.0 Å². The molecule has 6 heteroatoms. The van der Waals surface area contributed by atoms with Gasteiger partial charge in [-0.1, -0.05) is 30.3 Å². The molecule has 1 saturated heterocycles. The van der Waals surface area contributed by atoms with Crippen LogP contribution in [0.15, 0.2) is 48.2 Å². The van der Waals surface area contributed by atoms with E-state index in [-0.39, 0.29) is 11.8 Å². The van der Waals surface area contributed by atoms with Gasteiger partial charge in [-0.3, -0.25) is 9.59 Å². The maximum atomic E-state index is 13.6. The van der Waals surface area contributed by atoms with E-state index < -0.39 is 0 Å². The van der Waals surface area contributed by atoms with Crippen LogP contribution in [0, 0.1) is 13.8 Å². The van der Waals surface area contributed by atoms with Gasteiger partial charge in [0, 0.05) is 13.1 Å². The molecular formula is C23H24N2O4. The highest BCUT2D eigenvalue weighted by molar-refractivity contribution is 6.45. The lowest BCUT2D eigenvalue weighted by Crippen LogP contribution is -2.40. The largest absolute Gasteiger partial charge is 0.495 e. The van der Waals surface area contributed by atoms with Crippen LogP contribution in [-0.4, -0.2) is 50.1 Å². The lowest BCUT2D eigenvalue weighted by molar-refractivity contribution is -0.121. The zero-order valence-corrected chi connectivity index (χ0v) is 16.9. The lowest BCUT2D eigenvalue weighted by atomic mass is 9.99. The number of para-hydroxylation sites is 2. The monoisotopic (exact) mass is 392 g/mol. The number of anilines is 1. The minimum atomic E-state index is -0.329. The van der Waals surface area contributed by atoms with Gasteiger partial charge in [0.25, 0.3) is 11.8 Å². The van der Waals surface area contributed by atoms with Crippen LogP contribution in [0.5, 0.6) is 5.75 Å². The van der Waals surface area contributed by atoms with Crippen molar-refractivity contribution in [3.8, 4) is 5.75 Å². The molecule has 0 atom stereocenters. The Labute approximate surface area is 170 Å². The Bertz CT molecular complexity index is 1010. The maximum Gasteiger partial charge on any atom is 0.282 e. The van der Waals surface area contributed by atoms with Crippen molar-refractivity contribution in [2.24, 2.45) is 0 Å². The Morgan fingerprint density at radius 3 is 2.34 bits per heavy atom. The van der Waals surface area contributed by atoms with Gasteiger partial charge in [-0.15, -0.1) is 0 Å². The summed E-state index contributed by atoms with van der Waals surface area (Å²) in [4.78, 5) is 30.3. The molecule has 2 heterocycles. The van der Waals surface area contributed by atoms with Gasteiger partial charge in [-0.25, -0.2) is 4.90 Å². The maximum absolute atomic E-state index is 13.6. The van der Waals surface area contributed by atoms with Gasteiger partial charge >= 0.3 is 0 Å². The third kappa shape index (κ3) is 3.29. The van der Waals surface area contributed by atoms with Crippen molar-refractivity contribution >= 4 is 23.1 Å². The SMILES string of the molecule is COc1ccccc1N1C(=O)C(c2ccc(C)c(C)c2)=C(N2CCOCC2)C1=O. The van der Waals surface area contributed by atoms with Gasteiger partial charge in [-0.2, -0.15) is 0 Å². The van der Waals surface area contributed by atoms with Gasteiger partial charge in [-0.05, 0) is 42.7 Å². The molecule has 29 heavy (non-hydrogen) atoms. The minimum Gasteiger partial charge on any atom is -0.495 e. The van der Waals surface area contributed by atoms with E-state index in [1.165, 1.54) is 12.0 Å². The van der Waals surface area contributed by atoms with Crippen molar-refractivity contribution in [1.82, 2.24) is 4.90 Å². The van der Waals surface area contributed by atoms with Crippen molar-refractivity contribution in [1.29, 1.82) is 0 Å². The lowest BCUT2D eigenvalue weighted by Gasteiger charge is -2.29. The zero-order chi connectivity index (χ0) is 20.5. The second-order valence-corrected chi connectivity index (χ2v) is 7.24. The summed E-state index contributed by atoms with van der Waals surface area (Å²) in [6.07, 6.45) is 0. The first-order chi connectivity index (χ1) is 14.0. The van der Waals surface area contributed by atoms with Crippen molar-refractivity contribution < 1.29 is 19.1 Å². The summed E-state index contributed by atoms with van der Waals surface area (Å²) in [7, 11) is 1.53. The smallest absolute Gasteiger partial charge is 0.282 e. The summed E-state index contributed by atoms with van der Waals surface area (Å²) < 4.78 is 10.9. The fourth-order valence-corrected chi connectivity index (χ4v) is 3.79. The van der Waals surface area contributed by atoms with Crippen LogP contribution in [0.4, 0.5) is 5.69 Å². The van der Waals surface area contributed by atoms with Crippen LogP contribution in [0.1, 0.15) is 16.7 Å². The highest BCUT2D eigenvalue weighted by atomic mass is 16.5. The average Bonchev–Trinajstić information content (AvgIpc) is 3.00. The second-order valence-electron chi connectivity index (χ2n) is 7.24. The Morgan fingerprint density at radius 2 is 1.66 bits per heavy atom. The molecule has 2 aromatic carbocycles. The summed E-state index contributed by atoms with van der Waals surface area (Å²) in [5, 5.41) is 0. The predicted molar refractivity (Wildman–Crippen MR) is 111 cm³/mol. The molecule has 0 saturated carbocycles. The molecule has 150 valence electrons. The number of hydrogen-bond acceptors (Lipinski definition) is 5. The van der Waals surface area contributed by atoms with E-state index >= 15 is 0 Å². The van der Waals surface area contributed by atoms with Crippen LogP contribution in [-0.2, 0) is 14.3 Å². The molecule has 2 amide bonds. The van der Waals surface area contributed by atoms with E-state index in [9.17, 15) is 9.59 Å². The molecule has 2 aliphatic heterocycles. The van der Waals surface area contributed by atoms with Crippen molar-refractivity contribution in [2.45, 2.75) is 13.8 Å². The average molecular weight is 392 g/mol. The molecule has 0 aliphatic carbocycles. The number of rotatable bonds is 4. The Kier molecular flexibility index (Phi) is 5.11. The zero-order valence-electron chi connectivity index (χ0n) is 16.9. The first-order valence-electron chi connectivity index (χ1n) is 9.69. The van der Waals surface area contributed by atoms with E-state index in [0.717, 1.165) is 16.7 Å². The van der Waals surface area contributed by atoms with E-state index in [1.807, 2.05) is 43.0 Å². The standard InChI is InChI=1S/C23H24N2O4/c1-15-8-9-17(14-16(15)2)20-21(24-10-12-29-13-11-24)23(27)25(22(20)26)18-6-4-5-7-19(18)28-3/h4-9,14H,10-13H2,1-3H3. The number of aryl methyl sites for hydroxylation is 2. The molecule has 4 rings (SSSR count). The van der Waals surface area contributed by atoms with Crippen LogP contribution < -0.4 is 9.64 Å². The van der Waals surface area contributed by atoms with Gasteiger partial charge in [0.05, 0.1) is 31.6 Å². The molecule has 2 aliphatic rings. The summed E-state index contributed by atoms with van der Waals surface area (Å²) in [5.74, 6) is -0.171. The van der Waals surface area contributed by atoms with Gasteiger partial charge < -0.3 is 14.4 Å². The van der Waals surface area contributed by atoms with Crippen LogP contribution >= 0.6 is 0 Å². The number of morpholine rings is 1. The van der Waals surface area contributed by atoms with Gasteiger partial charge in [0.1, 0.15) is 11.4 Å². The Morgan fingerprint density at radius 1 is 0.931 bits per heavy atom. The number of amides is 2. The number of carbonyl (C=O) groups excluding carboxylic acids is 2. The summed E-state index contributed by atoms with van der Waals surface area (Å²) in [5.41, 5.74) is 4.30. The van der Waals surface area contributed by atoms with Crippen molar-refractivity contribution in [2.75, 3.05) is 38.3 Å². The van der Waals surface area contributed by atoms with Crippen LogP contribution in [0.25, 0.3) is 5.57 Å². The number of nitrogens with zero attached hydrogens (tertiary/aromatic N) is 2. The third-order valence-corrected chi connectivity index (χ3v) is 5.51. The summed E-state index contributed by atoms with van der Waals surface area (Å²) >= 11 is 0. The fraction of sp³-hybridized carbons (Fsp3) is 0.304. The molecule has 0 unspecified atom stereocenters. The quantitative estimate of drug-likeness (QED) is 0.749. The van der Waals surface area contributed by atoms with Gasteiger partial charge in [0.2, 0.25) is 0 Å². The highest BCUT2D eigenvalue weighted by Crippen LogP contribution is 2.38. The number of ether oxygens (including phenoxy) is 2. The number of hydrogen-bond donors (Lipinski definition) is 0. The molecule has 0 spiro atoms. The van der Waals surface area contributed by atoms with Crippen LogP contribution in [0.3, 0.4) is 0 Å². The van der Waals surface area contributed by atoms with E-state index in [2.05, 4.69) is 0 Å². The molecule has 2 aromatic rings. The number of carbonyl (C=O) groups is 2. The minimum absolute atomic E-state index is 0.324. The molecule has 0 N–H and O–H groups in total. The number of methoxy groups -OCH3 is 1. The Balaban J connectivity index is 1.87. The number of imide groups is 1. The molecule has 0 aromatic heterocycles. The summed E-state index contributed by atoms with van der Waals surface area (Å²) in [6, 6.07) is 13.0. The van der Waals surface area contributed by atoms with Crippen molar-refractivity contribution in [3.05, 3.63) is 64.9 Å². The van der Waals surface area contributed by atoms with Gasteiger partial charge in [0.15, 0.2) is 0 Å². The van der Waals surface area contributed by atoms with E-state index in [4.69, 9.17) is 9.47 Å². The van der Waals surface area contributed by atoms with Crippen LogP contribution in [0.2, 0.25) is 0 Å². The second kappa shape index (κ2) is 7.72. The predicted octanol–water partition coefficient (Wildman–Crippen LogP) is 2.93. The first kappa shape index (κ1) is 19.2. The highest BCUT2D eigenvalue weighted by Gasteiger charge is 2.43. The Hall–Kier alpha value is -3.12. The topological polar surface area (TPSA) is 59.1 Å². The molecule has 6 nitrogen and oxygen atoms in total. The summed E-state index contributed by atoms with van der Waals surface area (Å²) in [6.45, 7) is 6.23. The fourth-order valence-electron chi connectivity index (χ4n) is 3.79. The molecular weight excluding hydrogens is 368 g/mol. The number of benzene rings is 2.